The average Bonchev–Trinajstić information content (AvgIpc) is 3.01. The molecule has 2 heterocycles. The Labute approximate surface area is 126 Å². The number of hydrogen-bond acceptors (Lipinski definition) is 3. The van der Waals surface area contributed by atoms with Gasteiger partial charge in [0.1, 0.15) is 0 Å². The number of benzene rings is 1. The fraction of sp³-hybridized carbons (Fsp3) is 0.500. The zero-order valence-electron chi connectivity index (χ0n) is 12.5. The summed E-state index contributed by atoms with van der Waals surface area (Å²) in [6, 6.07) is 9.54. The Morgan fingerprint density at radius 3 is 2.62 bits per heavy atom. The maximum atomic E-state index is 12.7. The van der Waals surface area contributed by atoms with Crippen LogP contribution in [0.15, 0.2) is 35.7 Å². The maximum absolute atomic E-state index is 12.7. The molecule has 1 aromatic carbocycles. The van der Waals surface area contributed by atoms with Crippen LogP contribution in [0.25, 0.3) is 6.08 Å². The van der Waals surface area contributed by atoms with Crippen LogP contribution < -0.4 is 5.32 Å². The van der Waals surface area contributed by atoms with Crippen molar-refractivity contribution in [3.8, 4) is 0 Å². The van der Waals surface area contributed by atoms with Gasteiger partial charge >= 0.3 is 0 Å². The summed E-state index contributed by atoms with van der Waals surface area (Å²) in [4.78, 5) is 0. The predicted octanol–water partition coefficient (Wildman–Crippen LogP) is 1.92. The van der Waals surface area contributed by atoms with Crippen molar-refractivity contribution in [2.24, 2.45) is 11.8 Å². The largest absolute Gasteiger partial charge is 0.316 e. The molecule has 0 saturated carbocycles. The molecule has 1 N–H and O–H groups in total. The third-order valence-corrected chi connectivity index (χ3v) is 6.54. The van der Waals surface area contributed by atoms with E-state index in [1.54, 1.807) is 10.4 Å². The molecular formula is C16H22N2O2S. The van der Waals surface area contributed by atoms with Crippen LogP contribution in [0.3, 0.4) is 0 Å². The summed E-state index contributed by atoms with van der Waals surface area (Å²) in [6.07, 6.45) is 1.68. The fourth-order valence-electron chi connectivity index (χ4n) is 3.62. The van der Waals surface area contributed by atoms with E-state index in [1.807, 2.05) is 44.2 Å². The van der Waals surface area contributed by atoms with E-state index < -0.39 is 10.0 Å². The predicted molar refractivity (Wildman–Crippen MR) is 85.0 cm³/mol. The number of fused-ring (bicyclic) bond motifs is 1. The van der Waals surface area contributed by atoms with Gasteiger partial charge in [-0.2, -0.15) is 4.31 Å². The minimum absolute atomic E-state index is 0.325. The normalized spacial score (nSPS) is 29.0. The lowest BCUT2D eigenvalue weighted by Crippen LogP contribution is -2.46. The zero-order valence-corrected chi connectivity index (χ0v) is 13.3. The molecule has 114 valence electrons. The van der Waals surface area contributed by atoms with E-state index in [2.05, 4.69) is 5.32 Å². The molecule has 2 fully saturated rings. The molecule has 0 radical (unpaired) electrons. The van der Waals surface area contributed by atoms with Crippen molar-refractivity contribution in [2.75, 3.05) is 19.6 Å². The molecule has 2 atom stereocenters. The molecule has 21 heavy (non-hydrogen) atoms. The Balaban J connectivity index is 1.84. The van der Waals surface area contributed by atoms with Crippen molar-refractivity contribution < 1.29 is 8.42 Å². The molecule has 2 aliphatic rings. The second-order valence-electron chi connectivity index (χ2n) is 6.47. The standard InChI is InChI=1S/C16H22N2O2S/c1-16(2)15-11-17-10-14(15)12-18(16)21(19,20)9-8-13-6-4-3-5-7-13/h3-9,14-15,17H,10-12H2,1-2H3. The molecule has 2 saturated heterocycles. The van der Waals surface area contributed by atoms with Gasteiger partial charge in [-0.15, -0.1) is 0 Å². The van der Waals surface area contributed by atoms with Crippen LogP contribution in [0.5, 0.6) is 0 Å². The number of rotatable bonds is 3. The van der Waals surface area contributed by atoms with Crippen LogP contribution in [-0.2, 0) is 10.0 Å². The summed E-state index contributed by atoms with van der Waals surface area (Å²) in [6.45, 7) is 6.53. The fourth-order valence-corrected chi connectivity index (χ4v) is 5.29. The highest BCUT2D eigenvalue weighted by Gasteiger charge is 2.53. The molecular weight excluding hydrogens is 284 g/mol. The first kappa shape index (κ1) is 14.8. The molecule has 2 unspecified atom stereocenters. The first-order valence-corrected chi connectivity index (χ1v) is 8.88. The van der Waals surface area contributed by atoms with Gasteiger partial charge in [0.05, 0.1) is 0 Å². The van der Waals surface area contributed by atoms with Gasteiger partial charge in [-0.05, 0) is 43.9 Å². The van der Waals surface area contributed by atoms with E-state index in [4.69, 9.17) is 0 Å². The van der Waals surface area contributed by atoms with Crippen molar-refractivity contribution >= 4 is 16.1 Å². The lowest BCUT2D eigenvalue weighted by molar-refractivity contribution is 0.235. The van der Waals surface area contributed by atoms with Gasteiger partial charge in [0.25, 0.3) is 0 Å². The van der Waals surface area contributed by atoms with E-state index in [0.717, 1.165) is 18.7 Å². The van der Waals surface area contributed by atoms with Crippen LogP contribution in [-0.4, -0.2) is 37.9 Å². The van der Waals surface area contributed by atoms with Gasteiger partial charge in [-0.3, -0.25) is 0 Å². The smallest absolute Gasteiger partial charge is 0.236 e. The van der Waals surface area contributed by atoms with Crippen molar-refractivity contribution in [3.63, 3.8) is 0 Å². The van der Waals surface area contributed by atoms with Gasteiger partial charge in [-0.1, -0.05) is 30.3 Å². The van der Waals surface area contributed by atoms with Crippen molar-refractivity contribution in [2.45, 2.75) is 19.4 Å². The van der Waals surface area contributed by atoms with Crippen LogP contribution in [0.4, 0.5) is 0 Å². The molecule has 5 heteroatoms. The van der Waals surface area contributed by atoms with Crippen molar-refractivity contribution in [1.29, 1.82) is 0 Å². The van der Waals surface area contributed by atoms with Gasteiger partial charge in [0, 0.05) is 24.0 Å². The second kappa shape index (κ2) is 5.23. The number of hydrogen-bond donors (Lipinski definition) is 1. The monoisotopic (exact) mass is 306 g/mol. The molecule has 2 aliphatic heterocycles. The van der Waals surface area contributed by atoms with Gasteiger partial charge in [0.15, 0.2) is 0 Å². The van der Waals surface area contributed by atoms with Crippen molar-refractivity contribution in [1.82, 2.24) is 9.62 Å². The number of sulfonamides is 1. The van der Waals surface area contributed by atoms with E-state index in [1.165, 1.54) is 5.41 Å². The second-order valence-corrected chi connectivity index (χ2v) is 8.21. The zero-order chi connectivity index (χ0) is 15.1. The molecule has 0 spiro atoms. The molecule has 0 aliphatic carbocycles. The highest BCUT2D eigenvalue weighted by Crippen LogP contribution is 2.42. The third kappa shape index (κ3) is 2.65. The summed E-state index contributed by atoms with van der Waals surface area (Å²) >= 11 is 0. The summed E-state index contributed by atoms with van der Waals surface area (Å²) in [5.41, 5.74) is 0.577. The Bertz CT molecular complexity index is 638. The van der Waals surface area contributed by atoms with Gasteiger partial charge < -0.3 is 5.32 Å². The quantitative estimate of drug-likeness (QED) is 0.928. The summed E-state index contributed by atoms with van der Waals surface area (Å²) in [5.74, 6) is 0.831. The highest BCUT2D eigenvalue weighted by atomic mass is 32.2. The Hall–Kier alpha value is -1.17. The first-order chi connectivity index (χ1) is 9.91. The lowest BCUT2D eigenvalue weighted by Gasteiger charge is -2.33. The van der Waals surface area contributed by atoms with E-state index in [0.29, 0.717) is 18.4 Å². The highest BCUT2D eigenvalue weighted by molar-refractivity contribution is 7.92. The van der Waals surface area contributed by atoms with Crippen LogP contribution in [0.2, 0.25) is 0 Å². The minimum Gasteiger partial charge on any atom is -0.316 e. The molecule has 4 nitrogen and oxygen atoms in total. The lowest BCUT2D eigenvalue weighted by atomic mass is 9.85. The number of nitrogens with zero attached hydrogens (tertiary/aromatic N) is 1. The maximum Gasteiger partial charge on any atom is 0.236 e. The summed E-state index contributed by atoms with van der Waals surface area (Å²) in [5, 5.41) is 4.72. The first-order valence-electron chi connectivity index (χ1n) is 7.38. The van der Waals surface area contributed by atoms with Gasteiger partial charge in [-0.25, -0.2) is 8.42 Å². The topological polar surface area (TPSA) is 49.4 Å². The van der Waals surface area contributed by atoms with Gasteiger partial charge in [0.2, 0.25) is 10.0 Å². The van der Waals surface area contributed by atoms with Crippen molar-refractivity contribution in [3.05, 3.63) is 41.3 Å². The Morgan fingerprint density at radius 2 is 1.95 bits per heavy atom. The molecule has 3 rings (SSSR count). The van der Waals surface area contributed by atoms with Crippen LogP contribution in [0.1, 0.15) is 19.4 Å². The number of nitrogens with one attached hydrogen (secondary N) is 1. The van der Waals surface area contributed by atoms with Crippen LogP contribution in [0, 0.1) is 11.8 Å². The molecule has 0 amide bonds. The molecule has 0 aromatic heterocycles. The Morgan fingerprint density at radius 1 is 1.24 bits per heavy atom. The molecule has 1 aromatic rings. The van der Waals surface area contributed by atoms with E-state index >= 15 is 0 Å². The average molecular weight is 306 g/mol. The Kier molecular flexibility index (Phi) is 3.67. The third-order valence-electron chi connectivity index (χ3n) is 4.83. The SMILES string of the molecule is CC1(C)C2CNCC2CN1S(=O)(=O)C=Cc1ccccc1. The summed E-state index contributed by atoms with van der Waals surface area (Å²) in [7, 11) is -3.38. The summed E-state index contributed by atoms with van der Waals surface area (Å²) < 4.78 is 27.0. The minimum atomic E-state index is -3.38. The molecule has 0 bridgehead atoms. The van der Waals surface area contributed by atoms with Crippen LogP contribution >= 0.6 is 0 Å². The van der Waals surface area contributed by atoms with E-state index in [-0.39, 0.29) is 5.54 Å². The van der Waals surface area contributed by atoms with E-state index in [9.17, 15) is 8.42 Å².